The van der Waals surface area contributed by atoms with Gasteiger partial charge < -0.3 is 10.4 Å². The van der Waals surface area contributed by atoms with E-state index >= 15 is 0 Å². The Hall–Kier alpha value is -2.13. The lowest BCUT2D eigenvalue weighted by atomic mass is 9.48. The van der Waals surface area contributed by atoms with Crippen molar-refractivity contribution >= 4 is 11.6 Å². The maximum absolute atomic E-state index is 12.5. The predicted molar refractivity (Wildman–Crippen MR) is 151 cm³/mol. The molecule has 1 saturated heterocycles. The van der Waals surface area contributed by atoms with E-state index in [0.717, 1.165) is 36.4 Å². The van der Waals surface area contributed by atoms with Crippen LogP contribution in [0.2, 0.25) is 5.02 Å². The predicted octanol–water partition coefficient (Wildman–Crippen LogP) is 7.55. The summed E-state index contributed by atoms with van der Waals surface area (Å²) in [6.07, 6.45) is 7.34. The Labute approximate surface area is 225 Å². The van der Waals surface area contributed by atoms with Gasteiger partial charge >= 0.3 is 0 Å². The SMILES string of the molecule is CC1(CC2CNC2)c2ccc(Cl)cc2-c2ccc(-c3ccccc3C3(O)C4CC5CC(C4)CC3C5)cc21. The minimum Gasteiger partial charge on any atom is -0.385 e. The fourth-order valence-corrected chi connectivity index (χ4v) is 9.66. The number of aliphatic hydroxyl groups is 1. The van der Waals surface area contributed by atoms with Gasteiger partial charge in [0, 0.05) is 10.4 Å². The Balaban J connectivity index is 1.26. The molecule has 6 aliphatic rings. The molecule has 4 saturated carbocycles. The highest BCUT2D eigenvalue weighted by molar-refractivity contribution is 6.31. The summed E-state index contributed by atoms with van der Waals surface area (Å²) in [5, 5.41) is 16.8. The topological polar surface area (TPSA) is 32.3 Å². The largest absolute Gasteiger partial charge is 0.385 e. The van der Waals surface area contributed by atoms with E-state index in [2.05, 4.69) is 72.9 Å². The van der Waals surface area contributed by atoms with Crippen molar-refractivity contribution in [3.63, 3.8) is 0 Å². The molecule has 1 unspecified atom stereocenters. The Kier molecular flexibility index (Phi) is 4.90. The minimum absolute atomic E-state index is 0.0352. The zero-order chi connectivity index (χ0) is 24.9. The summed E-state index contributed by atoms with van der Waals surface area (Å²) >= 11 is 6.50. The van der Waals surface area contributed by atoms with Gasteiger partial charge in [-0.1, -0.05) is 61.0 Å². The Morgan fingerprint density at radius 3 is 2.22 bits per heavy atom. The quantitative estimate of drug-likeness (QED) is 0.380. The molecule has 1 heterocycles. The first-order valence-corrected chi connectivity index (χ1v) is 14.8. The van der Waals surface area contributed by atoms with E-state index in [9.17, 15) is 5.11 Å². The molecule has 37 heavy (non-hydrogen) atoms. The monoisotopic (exact) mass is 509 g/mol. The number of halogens is 1. The van der Waals surface area contributed by atoms with Crippen LogP contribution in [0, 0.1) is 29.6 Å². The van der Waals surface area contributed by atoms with E-state index in [0.29, 0.717) is 17.8 Å². The van der Waals surface area contributed by atoms with Crippen LogP contribution >= 0.6 is 11.6 Å². The molecule has 1 atom stereocenters. The van der Waals surface area contributed by atoms with Gasteiger partial charge in [-0.3, -0.25) is 0 Å². The molecule has 190 valence electrons. The molecule has 0 amide bonds. The van der Waals surface area contributed by atoms with E-state index in [1.54, 1.807) is 0 Å². The lowest BCUT2D eigenvalue weighted by molar-refractivity contribution is -0.179. The van der Waals surface area contributed by atoms with Crippen LogP contribution in [-0.2, 0) is 11.0 Å². The molecule has 2 N–H and O–H groups in total. The number of nitrogens with one attached hydrogen (secondary N) is 1. The summed E-state index contributed by atoms with van der Waals surface area (Å²) in [5.41, 5.74) is 8.35. The number of fused-ring (bicyclic) bond motifs is 3. The van der Waals surface area contributed by atoms with E-state index in [1.165, 1.54) is 71.0 Å². The van der Waals surface area contributed by atoms with Gasteiger partial charge in [0.15, 0.2) is 0 Å². The molecule has 1 aliphatic heterocycles. The number of hydrogen-bond acceptors (Lipinski definition) is 2. The van der Waals surface area contributed by atoms with Crippen molar-refractivity contribution < 1.29 is 5.11 Å². The molecule has 3 aromatic carbocycles. The molecule has 4 bridgehead atoms. The summed E-state index contributed by atoms with van der Waals surface area (Å²) in [5.74, 6) is 3.18. The Morgan fingerprint density at radius 1 is 0.784 bits per heavy atom. The van der Waals surface area contributed by atoms with Gasteiger partial charge in [-0.15, -0.1) is 0 Å². The van der Waals surface area contributed by atoms with Gasteiger partial charge in [-0.2, -0.15) is 0 Å². The first kappa shape index (κ1) is 22.8. The van der Waals surface area contributed by atoms with Crippen molar-refractivity contribution in [2.24, 2.45) is 29.6 Å². The Morgan fingerprint density at radius 2 is 1.51 bits per heavy atom. The van der Waals surface area contributed by atoms with E-state index in [4.69, 9.17) is 11.6 Å². The second kappa shape index (κ2) is 7.94. The molecule has 9 rings (SSSR count). The average Bonchev–Trinajstić information content (AvgIpc) is 3.11. The maximum atomic E-state index is 12.5. The van der Waals surface area contributed by atoms with Crippen molar-refractivity contribution in [2.75, 3.05) is 13.1 Å². The van der Waals surface area contributed by atoms with Crippen LogP contribution in [0.5, 0.6) is 0 Å². The third kappa shape index (κ3) is 3.19. The zero-order valence-electron chi connectivity index (χ0n) is 21.6. The molecular weight excluding hydrogens is 474 g/mol. The summed E-state index contributed by atoms with van der Waals surface area (Å²) in [4.78, 5) is 0. The molecular formula is C34H36ClNO. The second-order valence-corrected chi connectivity index (χ2v) is 13.6. The van der Waals surface area contributed by atoms with Crippen LogP contribution in [0.15, 0.2) is 60.7 Å². The fourth-order valence-electron chi connectivity index (χ4n) is 9.49. The van der Waals surface area contributed by atoms with Gasteiger partial charge in [0.25, 0.3) is 0 Å². The second-order valence-electron chi connectivity index (χ2n) is 13.2. The molecule has 0 radical (unpaired) electrons. The van der Waals surface area contributed by atoms with Gasteiger partial charge in [0.1, 0.15) is 0 Å². The lowest BCUT2D eigenvalue weighted by Crippen LogP contribution is -2.55. The highest BCUT2D eigenvalue weighted by Gasteiger charge is 2.57. The molecule has 3 heteroatoms. The van der Waals surface area contributed by atoms with Crippen molar-refractivity contribution in [3.05, 3.63) is 82.4 Å². The van der Waals surface area contributed by atoms with Crippen LogP contribution < -0.4 is 5.32 Å². The van der Waals surface area contributed by atoms with Crippen molar-refractivity contribution in [1.82, 2.24) is 5.32 Å². The maximum Gasteiger partial charge on any atom is 0.0958 e. The van der Waals surface area contributed by atoms with Gasteiger partial charge in [-0.05, 0) is 138 Å². The minimum atomic E-state index is -0.694. The van der Waals surface area contributed by atoms with Crippen LogP contribution in [0.25, 0.3) is 22.3 Å². The van der Waals surface area contributed by atoms with Crippen LogP contribution in [0.4, 0.5) is 0 Å². The van der Waals surface area contributed by atoms with Crippen molar-refractivity contribution in [2.45, 2.75) is 56.5 Å². The van der Waals surface area contributed by atoms with Gasteiger partial charge in [-0.25, -0.2) is 0 Å². The number of benzene rings is 3. The summed E-state index contributed by atoms with van der Waals surface area (Å²) in [6.45, 7) is 4.65. The smallest absolute Gasteiger partial charge is 0.0958 e. The van der Waals surface area contributed by atoms with Gasteiger partial charge in [0.2, 0.25) is 0 Å². The average molecular weight is 510 g/mol. The molecule has 0 aromatic heterocycles. The molecule has 2 nitrogen and oxygen atoms in total. The molecule has 5 aliphatic carbocycles. The van der Waals surface area contributed by atoms with Crippen LogP contribution in [0.1, 0.15) is 62.1 Å². The molecule has 5 fully saturated rings. The molecule has 0 spiro atoms. The summed E-state index contributed by atoms with van der Waals surface area (Å²) in [6, 6.07) is 22.3. The fraction of sp³-hybridized carbons (Fsp3) is 0.471. The van der Waals surface area contributed by atoms with E-state index < -0.39 is 5.60 Å². The first-order chi connectivity index (χ1) is 17.9. The normalized spacial score (nSPS) is 35.3. The highest BCUT2D eigenvalue weighted by atomic mass is 35.5. The first-order valence-electron chi connectivity index (χ1n) is 14.4. The molecule has 3 aromatic rings. The highest BCUT2D eigenvalue weighted by Crippen LogP contribution is 2.63. The van der Waals surface area contributed by atoms with E-state index in [-0.39, 0.29) is 5.41 Å². The van der Waals surface area contributed by atoms with E-state index in [1.807, 2.05) is 0 Å². The zero-order valence-corrected chi connectivity index (χ0v) is 22.4. The van der Waals surface area contributed by atoms with Crippen LogP contribution in [0.3, 0.4) is 0 Å². The third-order valence-corrected chi connectivity index (χ3v) is 11.3. The number of hydrogen-bond donors (Lipinski definition) is 2. The van der Waals surface area contributed by atoms with Crippen molar-refractivity contribution in [1.29, 1.82) is 0 Å². The van der Waals surface area contributed by atoms with Crippen molar-refractivity contribution in [3.8, 4) is 22.3 Å². The van der Waals surface area contributed by atoms with Crippen LogP contribution in [-0.4, -0.2) is 18.2 Å². The number of rotatable bonds is 4. The van der Waals surface area contributed by atoms with Gasteiger partial charge in [0.05, 0.1) is 5.60 Å². The third-order valence-electron chi connectivity index (χ3n) is 11.1. The Bertz CT molecular complexity index is 1380. The standard InChI is InChI=1S/C34H36ClNO/c1-33(17-22-18-36-19-22)30-9-7-26(35)16-29(30)28-8-6-23(15-32(28)33)27-4-2-3-5-31(27)34(37)24-11-20-10-21(13-24)14-25(34)12-20/h2-9,15-16,20-22,24-25,36-37H,10-14,17-19H2,1H3. The summed E-state index contributed by atoms with van der Waals surface area (Å²) < 4.78 is 0. The lowest BCUT2D eigenvalue weighted by Gasteiger charge is -2.59. The summed E-state index contributed by atoms with van der Waals surface area (Å²) in [7, 11) is 0.